The summed E-state index contributed by atoms with van der Waals surface area (Å²) in [7, 11) is -2.18. The molecule has 7 heteroatoms. The standard InChI is InChI=1S/C15H16N2O3S2/c1-16-14(18)13-7-8-21-15(13)17-22(19,20)12-6-5-10-3-2-4-11(10)9-12/h5-9,17H,2-4H2,1H3,(H,16,18). The Bertz CT molecular complexity index is 825. The van der Waals surface area contributed by atoms with Crippen LogP contribution in [0.1, 0.15) is 27.9 Å². The highest BCUT2D eigenvalue weighted by atomic mass is 32.2. The molecule has 1 aromatic heterocycles. The van der Waals surface area contributed by atoms with Gasteiger partial charge >= 0.3 is 0 Å². The Morgan fingerprint density at radius 2 is 1.95 bits per heavy atom. The summed E-state index contributed by atoms with van der Waals surface area (Å²) in [5.41, 5.74) is 2.65. The summed E-state index contributed by atoms with van der Waals surface area (Å²) in [4.78, 5) is 12.0. The van der Waals surface area contributed by atoms with Gasteiger partial charge in [-0.2, -0.15) is 0 Å². The maximum atomic E-state index is 12.5. The van der Waals surface area contributed by atoms with Gasteiger partial charge < -0.3 is 5.32 Å². The van der Waals surface area contributed by atoms with Gasteiger partial charge in [0, 0.05) is 7.05 Å². The molecule has 0 saturated carbocycles. The second kappa shape index (κ2) is 5.73. The molecule has 1 aliphatic rings. The van der Waals surface area contributed by atoms with Crippen LogP contribution in [-0.2, 0) is 22.9 Å². The van der Waals surface area contributed by atoms with Crippen molar-refractivity contribution in [1.29, 1.82) is 0 Å². The predicted octanol–water partition coefficient (Wildman–Crippen LogP) is 2.40. The first-order valence-corrected chi connectivity index (χ1v) is 9.32. The van der Waals surface area contributed by atoms with Gasteiger partial charge in [0.05, 0.1) is 10.5 Å². The molecule has 2 N–H and O–H groups in total. The average Bonchev–Trinajstić information content (AvgIpc) is 3.13. The van der Waals surface area contributed by atoms with E-state index in [1.807, 2.05) is 6.07 Å². The van der Waals surface area contributed by atoms with Crippen molar-refractivity contribution in [2.75, 3.05) is 11.8 Å². The molecule has 22 heavy (non-hydrogen) atoms. The number of hydrogen-bond acceptors (Lipinski definition) is 4. The molecule has 1 amide bonds. The molecule has 116 valence electrons. The van der Waals surface area contributed by atoms with E-state index in [0.29, 0.717) is 10.6 Å². The summed E-state index contributed by atoms with van der Waals surface area (Å²) < 4.78 is 27.6. The molecule has 2 aromatic rings. The van der Waals surface area contributed by atoms with Crippen molar-refractivity contribution in [3.8, 4) is 0 Å². The van der Waals surface area contributed by atoms with E-state index >= 15 is 0 Å². The first-order valence-electron chi connectivity index (χ1n) is 6.95. The first kappa shape index (κ1) is 15.1. The van der Waals surface area contributed by atoms with E-state index in [2.05, 4.69) is 10.0 Å². The number of carbonyl (C=O) groups is 1. The largest absolute Gasteiger partial charge is 0.355 e. The molecule has 0 atom stereocenters. The van der Waals surface area contributed by atoms with Crippen molar-refractivity contribution >= 4 is 32.3 Å². The number of amides is 1. The monoisotopic (exact) mass is 336 g/mol. The van der Waals surface area contributed by atoms with Crippen LogP contribution in [0.5, 0.6) is 0 Å². The Kier molecular flexibility index (Phi) is 3.92. The maximum Gasteiger partial charge on any atom is 0.262 e. The maximum absolute atomic E-state index is 12.5. The van der Waals surface area contributed by atoms with Gasteiger partial charge in [-0.25, -0.2) is 8.42 Å². The lowest BCUT2D eigenvalue weighted by Crippen LogP contribution is -2.20. The number of rotatable bonds is 4. The second-order valence-corrected chi connectivity index (χ2v) is 7.73. The normalized spacial score (nSPS) is 13.7. The van der Waals surface area contributed by atoms with E-state index in [0.717, 1.165) is 24.8 Å². The lowest BCUT2D eigenvalue weighted by atomic mass is 10.1. The molecule has 0 unspecified atom stereocenters. The van der Waals surface area contributed by atoms with Crippen LogP contribution < -0.4 is 10.0 Å². The van der Waals surface area contributed by atoms with Crippen molar-refractivity contribution in [3.63, 3.8) is 0 Å². The highest BCUT2D eigenvalue weighted by Gasteiger charge is 2.21. The fourth-order valence-corrected chi connectivity index (χ4v) is 4.76. The van der Waals surface area contributed by atoms with Crippen molar-refractivity contribution in [2.45, 2.75) is 24.2 Å². The summed E-state index contributed by atoms with van der Waals surface area (Å²) in [6.45, 7) is 0. The lowest BCUT2D eigenvalue weighted by molar-refractivity contribution is 0.0964. The molecule has 0 bridgehead atoms. The minimum Gasteiger partial charge on any atom is -0.355 e. The van der Waals surface area contributed by atoms with Crippen LogP contribution in [-0.4, -0.2) is 21.4 Å². The third-order valence-electron chi connectivity index (χ3n) is 3.74. The van der Waals surface area contributed by atoms with Crippen molar-refractivity contribution in [3.05, 3.63) is 46.3 Å². The van der Waals surface area contributed by atoms with Gasteiger partial charge in [-0.15, -0.1) is 11.3 Å². The quantitative estimate of drug-likeness (QED) is 0.900. The van der Waals surface area contributed by atoms with Gasteiger partial charge in [0.2, 0.25) is 0 Å². The highest BCUT2D eigenvalue weighted by molar-refractivity contribution is 7.93. The number of aryl methyl sites for hydroxylation is 2. The first-order chi connectivity index (χ1) is 10.5. The zero-order valence-electron chi connectivity index (χ0n) is 12.0. The van der Waals surface area contributed by atoms with E-state index in [1.54, 1.807) is 23.6 Å². The zero-order valence-corrected chi connectivity index (χ0v) is 13.7. The molecule has 1 aliphatic carbocycles. The van der Waals surface area contributed by atoms with Gasteiger partial charge in [0.25, 0.3) is 15.9 Å². The smallest absolute Gasteiger partial charge is 0.262 e. The van der Waals surface area contributed by atoms with Crippen molar-refractivity contribution < 1.29 is 13.2 Å². The van der Waals surface area contributed by atoms with Crippen LogP contribution >= 0.6 is 11.3 Å². The van der Waals surface area contributed by atoms with Crippen LogP contribution in [0.4, 0.5) is 5.00 Å². The van der Waals surface area contributed by atoms with Crippen LogP contribution in [0.2, 0.25) is 0 Å². The SMILES string of the molecule is CNC(=O)c1ccsc1NS(=O)(=O)c1ccc2c(c1)CCC2. The molecule has 0 spiro atoms. The van der Waals surface area contributed by atoms with Crippen LogP contribution in [0.25, 0.3) is 0 Å². The molecular weight excluding hydrogens is 320 g/mol. The van der Waals surface area contributed by atoms with E-state index < -0.39 is 10.0 Å². The Morgan fingerprint density at radius 3 is 2.73 bits per heavy atom. The molecule has 5 nitrogen and oxygen atoms in total. The number of carbonyl (C=O) groups excluding carboxylic acids is 1. The molecule has 0 fully saturated rings. The van der Waals surface area contributed by atoms with E-state index in [9.17, 15) is 13.2 Å². The minimum atomic E-state index is -3.69. The number of fused-ring (bicyclic) bond motifs is 1. The molecular formula is C15H16N2O3S2. The van der Waals surface area contributed by atoms with Gasteiger partial charge in [-0.05, 0) is 54.0 Å². The third-order valence-corrected chi connectivity index (χ3v) is 6.05. The molecule has 0 saturated heterocycles. The number of nitrogens with one attached hydrogen (secondary N) is 2. The molecule has 0 radical (unpaired) electrons. The summed E-state index contributed by atoms with van der Waals surface area (Å²) in [6, 6.07) is 6.84. The number of benzene rings is 1. The van der Waals surface area contributed by atoms with Gasteiger partial charge in [-0.3, -0.25) is 9.52 Å². The summed E-state index contributed by atoms with van der Waals surface area (Å²) in [5, 5.41) is 4.52. The van der Waals surface area contributed by atoms with Gasteiger partial charge in [0.1, 0.15) is 5.00 Å². The highest BCUT2D eigenvalue weighted by Crippen LogP contribution is 2.29. The summed E-state index contributed by atoms with van der Waals surface area (Å²) >= 11 is 1.19. The molecule has 3 rings (SSSR count). The van der Waals surface area contributed by atoms with Crippen LogP contribution in [0.3, 0.4) is 0 Å². The zero-order chi connectivity index (χ0) is 15.7. The predicted molar refractivity (Wildman–Crippen MR) is 87.0 cm³/mol. The van der Waals surface area contributed by atoms with Gasteiger partial charge in [-0.1, -0.05) is 6.07 Å². The Hall–Kier alpha value is -1.86. The number of anilines is 1. The number of thiophene rings is 1. The molecule has 0 aliphatic heterocycles. The topological polar surface area (TPSA) is 75.3 Å². The number of sulfonamides is 1. The second-order valence-electron chi connectivity index (χ2n) is 5.13. The third kappa shape index (κ3) is 2.74. The molecule has 1 heterocycles. The Balaban J connectivity index is 1.91. The Labute approximate surface area is 133 Å². The summed E-state index contributed by atoms with van der Waals surface area (Å²) in [5.74, 6) is -0.312. The minimum absolute atomic E-state index is 0.240. The van der Waals surface area contributed by atoms with E-state index in [-0.39, 0.29) is 10.8 Å². The van der Waals surface area contributed by atoms with Crippen molar-refractivity contribution in [2.24, 2.45) is 0 Å². The van der Waals surface area contributed by atoms with Crippen LogP contribution in [0, 0.1) is 0 Å². The average molecular weight is 336 g/mol. The Morgan fingerprint density at radius 1 is 1.18 bits per heavy atom. The summed E-state index contributed by atoms with van der Waals surface area (Å²) in [6.07, 6.45) is 2.99. The number of hydrogen-bond donors (Lipinski definition) is 2. The lowest BCUT2D eigenvalue weighted by Gasteiger charge is -2.09. The van der Waals surface area contributed by atoms with Crippen LogP contribution in [0.15, 0.2) is 34.5 Å². The van der Waals surface area contributed by atoms with E-state index in [1.165, 1.54) is 23.9 Å². The fraction of sp³-hybridized carbons (Fsp3) is 0.267. The van der Waals surface area contributed by atoms with E-state index in [4.69, 9.17) is 0 Å². The van der Waals surface area contributed by atoms with Gasteiger partial charge in [0.15, 0.2) is 0 Å². The molecule has 1 aromatic carbocycles. The fourth-order valence-electron chi connectivity index (χ4n) is 2.60. The van der Waals surface area contributed by atoms with Crippen molar-refractivity contribution in [1.82, 2.24) is 5.32 Å².